The van der Waals surface area contributed by atoms with Gasteiger partial charge in [-0.1, -0.05) is 44.0 Å². The molecular formula is C23H26FN3O3. The molecule has 0 aliphatic carbocycles. The van der Waals surface area contributed by atoms with Crippen molar-refractivity contribution in [2.45, 2.75) is 39.3 Å². The third-order valence-electron chi connectivity index (χ3n) is 5.06. The predicted octanol–water partition coefficient (Wildman–Crippen LogP) is 3.71. The van der Waals surface area contributed by atoms with E-state index >= 15 is 0 Å². The number of nitrogens with zero attached hydrogens (tertiary/aromatic N) is 2. The number of rotatable bonds is 9. The van der Waals surface area contributed by atoms with Gasteiger partial charge in [0.05, 0.1) is 13.1 Å². The van der Waals surface area contributed by atoms with Gasteiger partial charge < -0.3 is 10.2 Å². The molecule has 1 saturated heterocycles. The second-order valence-electron chi connectivity index (χ2n) is 7.40. The van der Waals surface area contributed by atoms with Crippen molar-refractivity contribution >= 4 is 17.8 Å². The predicted molar refractivity (Wildman–Crippen MR) is 111 cm³/mol. The highest BCUT2D eigenvalue weighted by atomic mass is 19.1. The minimum absolute atomic E-state index is 0.000328. The zero-order valence-corrected chi connectivity index (χ0v) is 17.1. The summed E-state index contributed by atoms with van der Waals surface area (Å²) in [7, 11) is 0. The van der Waals surface area contributed by atoms with E-state index in [0.717, 1.165) is 29.7 Å². The number of halogens is 1. The van der Waals surface area contributed by atoms with Crippen LogP contribution in [0.1, 0.15) is 47.7 Å². The largest absolute Gasteiger partial charge is 0.334 e. The Morgan fingerprint density at radius 2 is 1.87 bits per heavy atom. The lowest BCUT2D eigenvalue weighted by Crippen LogP contribution is -2.32. The average molecular weight is 411 g/mol. The topological polar surface area (TPSA) is 69.7 Å². The van der Waals surface area contributed by atoms with Crippen LogP contribution in [-0.4, -0.2) is 40.7 Å². The summed E-state index contributed by atoms with van der Waals surface area (Å²) >= 11 is 0. The van der Waals surface area contributed by atoms with Crippen LogP contribution in [0.2, 0.25) is 0 Å². The van der Waals surface area contributed by atoms with Crippen LogP contribution in [-0.2, 0) is 17.9 Å². The van der Waals surface area contributed by atoms with E-state index in [1.54, 1.807) is 41.3 Å². The van der Waals surface area contributed by atoms with Crippen molar-refractivity contribution in [1.82, 2.24) is 15.1 Å². The molecule has 158 valence electrons. The van der Waals surface area contributed by atoms with Crippen LogP contribution < -0.4 is 5.32 Å². The number of benzene rings is 2. The third-order valence-corrected chi connectivity index (χ3v) is 5.06. The van der Waals surface area contributed by atoms with Crippen LogP contribution in [0.25, 0.3) is 0 Å². The van der Waals surface area contributed by atoms with E-state index in [1.807, 2.05) is 0 Å². The molecule has 1 fully saturated rings. The van der Waals surface area contributed by atoms with Crippen molar-refractivity contribution in [2.24, 2.45) is 0 Å². The SMILES string of the molecule is CCCCCN(Cc1ccc(F)cc1)C(=O)c1cccc(CN2C(=O)CNC2=O)c1. The normalized spacial score (nSPS) is 13.5. The van der Waals surface area contributed by atoms with Crippen LogP contribution in [0.4, 0.5) is 9.18 Å². The van der Waals surface area contributed by atoms with E-state index in [9.17, 15) is 18.8 Å². The van der Waals surface area contributed by atoms with Gasteiger partial charge in [-0.25, -0.2) is 9.18 Å². The van der Waals surface area contributed by atoms with Gasteiger partial charge in [0.25, 0.3) is 5.91 Å². The molecule has 0 radical (unpaired) electrons. The van der Waals surface area contributed by atoms with E-state index in [1.165, 1.54) is 12.1 Å². The molecule has 6 nitrogen and oxygen atoms in total. The Morgan fingerprint density at radius 1 is 1.10 bits per heavy atom. The van der Waals surface area contributed by atoms with Gasteiger partial charge in [0.2, 0.25) is 5.91 Å². The Hall–Kier alpha value is -3.22. The van der Waals surface area contributed by atoms with Crippen molar-refractivity contribution in [3.8, 4) is 0 Å². The molecule has 1 aliphatic heterocycles. The first-order chi connectivity index (χ1) is 14.5. The van der Waals surface area contributed by atoms with Gasteiger partial charge in [0.1, 0.15) is 5.82 Å². The Kier molecular flexibility index (Phi) is 7.17. The molecule has 1 heterocycles. The number of amides is 4. The minimum Gasteiger partial charge on any atom is -0.334 e. The number of imide groups is 1. The molecule has 0 unspecified atom stereocenters. The number of carbonyl (C=O) groups excluding carboxylic acids is 3. The van der Waals surface area contributed by atoms with Crippen LogP contribution in [0.5, 0.6) is 0 Å². The first kappa shape index (κ1) is 21.5. The summed E-state index contributed by atoms with van der Waals surface area (Å²) in [4.78, 5) is 39.7. The number of hydrogen-bond donors (Lipinski definition) is 1. The molecule has 1 N–H and O–H groups in total. The Bertz CT molecular complexity index is 898. The molecular weight excluding hydrogens is 385 g/mol. The summed E-state index contributed by atoms with van der Waals surface area (Å²) in [5, 5.41) is 2.49. The van der Waals surface area contributed by atoms with Gasteiger partial charge in [0, 0.05) is 18.7 Å². The number of nitrogens with one attached hydrogen (secondary N) is 1. The fourth-order valence-electron chi connectivity index (χ4n) is 3.40. The first-order valence-corrected chi connectivity index (χ1v) is 10.2. The van der Waals surface area contributed by atoms with Gasteiger partial charge >= 0.3 is 6.03 Å². The van der Waals surface area contributed by atoms with E-state index in [4.69, 9.17) is 0 Å². The fraction of sp³-hybridized carbons (Fsp3) is 0.348. The van der Waals surface area contributed by atoms with Crippen LogP contribution in [0, 0.1) is 5.82 Å². The van der Waals surface area contributed by atoms with Gasteiger partial charge in [-0.3, -0.25) is 14.5 Å². The zero-order chi connectivity index (χ0) is 21.5. The number of unbranched alkanes of at least 4 members (excludes halogenated alkanes) is 2. The highest BCUT2D eigenvalue weighted by Crippen LogP contribution is 2.16. The molecule has 1 aliphatic rings. The molecule has 7 heteroatoms. The summed E-state index contributed by atoms with van der Waals surface area (Å²) in [6, 6.07) is 12.7. The number of carbonyl (C=O) groups is 3. The van der Waals surface area contributed by atoms with E-state index < -0.39 is 6.03 Å². The van der Waals surface area contributed by atoms with E-state index in [0.29, 0.717) is 24.2 Å². The highest BCUT2D eigenvalue weighted by Gasteiger charge is 2.28. The molecule has 0 bridgehead atoms. The molecule has 2 aromatic carbocycles. The van der Waals surface area contributed by atoms with E-state index in [2.05, 4.69) is 12.2 Å². The van der Waals surface area contributed by atoms with Crippen LogP contribution in [0.15, 0.2) is 48.5 Å². The van der Waals surface area contributed by atoms with Gasteiger partial charge in [-0.15, -0.1) is 0 Å². The average Bonchev–Trinajstić information content (AvgIpc) is 3.06. The van der Waals surface area contributed by atoms with Crippen molar-refractivity contribution in [2.75, 3.05) is 13.1 Å². The zero-order valence-electron chi connectivity index (χ0n) is 17.1. The summed E-state index contributed by atoms with van der Waals surface area (Å²) in [6.07, 6.45) is 2.94. The summed E-state index contributed by atoms with van der Waals surface area (Å²) < 4.78 is 13.2. The molecule has 3 rings (SSSR count). The smallest absolute Gasteiger partial charge is 0.324 e. The second-order valence-corrected chi connectivity index (χ2v) is 7.40. The molecule has 0 saturated carbocycles. The second kappa shape index (κ2) is 10.0. The third kappa shape index (κ3) is 5.43. The van der Waals surface area contributed by atoms with Crippen molar-refractivity contribution in [1.29, 1.82) is 0 Å². The van der Waals surface area contributed by atoms with Gasteiger partial charge in [-0.2, -0.15) is 0 Å². The number of urea groups is 1. The summed E-state index contributed by atoms with van der Waals surface area (Å²) in [5.74, 6) is -0.723. The Balaban J connectivity index is 1.76. The number of hydrogen-bond acceptors (Lipinski definition) is 3. The minimum atomic E-state index is -0.422. The first-order valence-electron chi connectivity index (χ1n) is 10.2. The van der Waals surface area contributed by atoms with Gasteiger partial charge in [0.15, 0.2) is 0 Å². The lowest BCUT2D eigenvalue weighted by atomic mass is 10.1. The van der Waals surface area contributed by atoms with Gasteiger partial charge in [-0.05, 0) is 41.8 Å². The highest BCUT2D eigenvalue weighted by molar-refractivity contribution is 6.02. The quantitative estimate of drug-likeness (QED) is 0.505. The molecule has 4 amide bonds. The lowest BCUT2D eigenvalue weighted by molar-refractivity contribution is -0.125. The van der Waals surface area contributed by atoms with Crippen LogP contribution in [0.3, 0.4) is 0 Å². The molecule has 0 spiro atoms. The maximum atomic E-state index is 13.2. The maximum Gasteiger partial charge on any atom is 0.324 e. The standard InChI is InChI=1S/C23H26FN3O3/c1-2-3-4-12-26(15-17-8-10-20(24)11-9-17)22(29)19-7-5-6-18(13-19)16-27-21(28)14-25-23(27)30/h5-11,13H,2-4,12,14-16H2,1H3,(H,25,30). The van der Waals surface area contributed by atoms with Crippen molar-refractivity contribution in [3.63, 3.8) is 0 Å². The molecule has 30 heavy (non-hydrogen) atoms. The van der Waals surface area contributed by atoms with E-state index in [-0.39, 0.29) is 30.7 Å². The van der Waals surface area contributed by atoms with Crippen molar-refractivity contribution < 1.29 is 18.8 Å². The van der Waals surface area contributed by atoms with Crippen molar-refractivity contribution in [3.05, 3.63) is 71.0 Å². The molecule has 0 aromatic heterocycles. The lowest BCUT2D eigenvalue weighted by Gasteiger charge is -2.23. The molecule has 0 atom stereocenters. The molecule has 2 aromatic rings. The van der Waals surface area contributed by atoms with Crippen LogP contribution >= 0.6 is 0 Å². The fourth-order valence-corrected chi connectivity index (χ4v) is 3.40. The maximum absolute atomic E-state index is 13.2. The summed E-state index contributed by atoms with van der Waals surface area (Å²) in [6.45, 7) is 3.21. The summed E-state index contributed by atoms with van der Waals surface area (Å²) in [5.41, 5.74) is 2.07. The Morgan fingerprint density at radius 3 is 2.53 bits per heavy atom. The Labute approximate surface area is 175 Å². The monoisotopic (exact) mass is 411 g/mol.